The molecule has 0 aliphatic rings. The van der Waals surface area contributed by atoms with E-state index >= 15 is 0 Å². The standard InChI is InChI=1S/C8H10O2/c1-7(9)4-5-8-3-2-6-10-8/h2-7,9H,1H3/t7-/m1/s1. The molecule has 0 saturated carbocycles. The van der Waals surface area contributed by atoms with Gasteiger partial charge in [0.05, 0.1) is 12.4 Å². The first-order valence-corrected chi connectivity index (χ1v) is 3.19. The van der Waals surface area contributed by atoms with Crippen molar-refractivity contribution in [3.8, 4) is 0 Å². The van der Waals surface area contributed by atoms with Crippen molar-refractivity contribution >= 4 is 6.08 Å². The van der Waals surface area contributed by atoms with Crippen molar-refractivity contribution in [3.05, 3.63) is 30.2 Å². The Morgan fingerprint density at radius 1 is 1.70 bits per heavy atom. The molecule has 2 nitrogen and oxygen atoms in total. The summed E-state index contributed by atoms with van der Waals surface area (Å²) in [6.07, 6.45) is 4.59. The van der Waals surface area contributed by atoms with Gasteiger partial charge in [0.25, 0.3) is 0 Å². The Morgan fingerprint density at radius 3 is 3.00 bits per heavy atom. The molecule has 1 aromatic heterocycles. The second-order valence-electron chi connectivity index (χ2n) is 2.12. The number of hydrogen-bond donors (Lipinski definition) is 1. The molecule has 0 amide bonds. The topological polar surface area (TPSA) is 33.4 Å². The molecule has 0 radical (unpaired) electrons. The summed E-state index contributed by atoms with van der Waals surface area (Å²) in [5.41, 5.74) is 0. The van der Waals surface area contributed by atoms with Crippen molar-refractivity contribution in [1.82, 2.24) is 0 Å². The molecule has 1 aromatic rings. The molecule has 54 valence electrons. The second-order valence-corrected chi connectivity index (χ2v) is 2.12. The van der Waals surface area contributed by atoms with Crippen molar-refractivity contribution in [1.29, 1.82) is 0 Å². The van der Waals surface area contributed by atoms with Gasteiger partial charge >= 0.3 is 0 Å². The SMILES string of the molecule is C[C@@H](O)C=Cc1ccco1. The molecule has 1 atom stereocenters. The lowest BCUT2D eigenvalue weighted by Crippen LogP contribution is -1.90. The van der Waals surface area contributed by atoms with E-state index in [0.717, 1.165) is 5.76 Å². The van der Waals surface area contributed by atoms with Crippen LogP contribution < -0.4 is 0 Å². The lowest BCUT2D eigenvalue weighted by atomic mass is 10.3. The molecule has 0 spiro atoms. The highest BCUT2D eigenvalue weighted by atomic mass is 16.3. The van der Waals surface area contributed by atoms with Gasteiger partial charge in [0.2, 0.25) is 0 Å². The average molecular weight is 138 g/mol. The molecule has 0 saturated heterocycles. The fourth-order valence-corrected chi connectivity index (χ4v) is 0.620. The molecule has 0 bridgehead atoms. The van der Waals surface area contributed by atoms with E-state index in [0.29, 0.717) is 0 Å². The Kier molecular flexibility index (Phi) is 2.29. The molecular weight excluding hydrogens is 128 g/mol. The highest BCUT2D eigenvalue weighted by molar-refractivity contribution is 5.42. The lowest BCUT2D eigenvalue weighted by molar-refractivity contribution is 0.245. The highest BCUT2D eigenvalue weighted by Gasteiger charge is 1.88. The molecule has 2 heteroatoms. The van der Waals surface area contributed by atoms with E-state index in [1.807, 2.05) is 12.1 Å². The van der Waals surface area contributed by atoms with Crippen molar-refractivity contribution < 1.29 is 9.52 Å². The molecular formula is C8H10O2. The zero-order valence-corrected chi connectivity index (χ0v) is 5.82. The minimum absolute atomic E-state index is 0.412. The first-order chi connectivity index (χ1) is 4.79. The summed E-state index contributed by atoms with van der Waals surface area (Å²) in [5.74, 6) is 0.765. The third-order valence-corrected chi connectivity index (χ3v) is 1.08. The minimum atomic E-state index is -0.412. The van der Waals surface area contributed by atoms with E-state index in [-0.39, 0.29) is 0 Å². The fourth-order valence-electron chi connectivity index (χ4n) is 0.620. The van der Waals surface area contributed by atoms with Crippen LogP contribution in [0.5, 0.6) is 0 Å². The van der Waals surface area contributed by atoms with Crippen molar-refractivity contribution in [2.24, 2.45) is 0 Å². The van der Waals surface area contributed by atoms with Crippen LogP contribution in [0.1, 0.15) is 12.7 Å². The fraction of sp³-hybridized carbons (Fsp3) is 0.250. The Hall–Kier alpha value is -1.02. The Bertz CT molecular complexity index is 197. The van der Waals surface area contributed by atoms with Gasteiger partial charge in [-0.15, -0.1) is 0 Å². The van der Waals surface area contributed by atoms with E-state index in [4.69, 9.17) is 9.52 Å². The first kappa shape index (κ1) is 7.09. The minimum Gasteiger partial charge on any atom is -0.465 e. The lowest BCUT2D eigenvalue weighted by Gasteiger charge is -1.90. The van der Waals surface area contributed by atoms with Crippen LogP contribution in [-0.4, -0.2) is 11.2 Å². The van der Waals surface area contributed by atoms with Crippen LogP contribution in [-0.2, 0) is 0 Å². The van der Waals surface area contributed by atoms with Gasteiger partial charge in [-0.25, -0.2) is 0 Å². The predicted octanol–water partition coefficient (Wildman–Crippen LogP) is 1.67. The molecule has 1 heterocycles. The van der Waals surface area contributed by atoms with Gasteiger partial charge in [-0.05, 0) is 25.1 Å². The summed E-state index contributed by atoms with van der Waals surface area (Å²) in [5, 5.41) is 8.82. The summed E-state index contributed by atoms with van der Waals surface area (Å²) in [6, 6.07) is 3.64. The van der Waals surface area contributed by atoms with Gasteiger partial charge in [-0.2, -0.15) is 0 Å². The Morgan fingerprint density at radius 2 is 2.50 bits per heavy atom. The molecule has 1 N–H and O–H groups in total. The van der Waals surface area contributed by atoms with Crippen LogP contribution in [0.4, 0.5) is 0 Å². The van der Waals surface area contributed by atoms with E-state index < -0.39 is 6.10 Å². The molecule has 0 fully saturated rings. The van der Waals surface area contributed by atoms with Gasteiger partial charge in [-0.3, -0.25) is 0 Å². The van der Waals surface area contributed by atoms with Gasteiger partial charge < -0.3 is 9.52 Å². The third-order valence-electron chi connectivity index (χ3n) is 1.08. The maximum atomic E-state index is 8.82. The zero-order valence-electron chi connectivity index (χ0n) is 5.82. The van der Waals surface area contributed by atoms with Crippen molar-refractivity contribution in [2.45, 2.75) is 13.0 Å². The van der Waals surface area contributed by atoms with Gasteiger partial charge in [0, 0.05) is 0 Å². The molecule has 1 rings (SSSR count). The van der Waals surface area contributed by atoms with E-state index in [1.165, 1.54) is 0 Å². The summed E-state index contributed by atoms with van der Waals surface area (Å²) in [6.45, 7) is 1.69. The summed E-state index contributed by atoms with van der Waals surface area (Å²) < 4.78 is 4.99. The molecule has 0 aliphatic carbocycles. The van der Waals surface area contributed by atoms with Crippen LogP contribution in [0.2, 0.25) is 0 Å². The van der Waals surface area contributed by atoms with Crippen molar-refractivity contribution in [2.75, 3.05) is 0 Å². The Balaban J connectivity index is 2.55. The largest absolute Gasteiger partial charge is 0.465 e. The molecule has 0 aliphatic heterocycles. The number of hydrogen-bond acceptors (Lipinski definition) is 2. The number of aliphatic hydroxyl groups is 1. The normalized spacial score (nSPS) is 14.2. The Labute approximate surface area is 59.8 Å². The van der Waals surface area contributed by atoms with E-state index in [1.54, 1.807) is 25.3 Å². The van der Waals surface area contributed by atoms with E-state index in [2.05, 4.69) is 0 Å². The summed E-state index contributed by atoms with van der Waals surface area (Å²) in [7, 11) is 0. The number of aliphatic hydroxyl groups excluding tert-OH is 1. The number of furan rings is 1. The van der Waals surface area contributed by atoms with Gasteiger partial charge in [-0.1, -0.05) is 6.08 Å². The highest BCUT2D eigenvalue weighted by Crippen LogP contribution is 2.02. The van der Waals surface area contributed by atoms with Crippen molar-refractivity contribution in [3.63, 3.8) is 0 Å². The maximum Gasteiger partial charge on any atom is 0.126 e. The van der Waals surface area contributed by atoms with Gasteiger partial charge in [0.15, 0.2) is 0 Å². The average Bonchev–Trinajstić information content (AvgIpc) is 2.34. The monoisotopic (exact) mass is 138 g/mol. The smallest absolute Gasteiger partial charge is 0.126 e. The molecule has 0 unspecified atom stereocenters. The van der Waals surface area contributed by atoms with Crippen LogP contribution in [0.25, 0.3) is 6.08 Å². The van der Waals surface area contributed by atoms with Gasteiger partial charge in [0.1, 0.15) is 5.76 Å². The predicted molar refractivity (Wildman–Crippen MR) is 39.4 cm³/mol. The van der Waals surface area contributed by atoms with Crippen LogP contribution in [0.15, 0.2) is 28.9 Å². The molecule has 10 heavy (non-hydrogen) atoms. The third kappa shape index (κ3) is 2.07. The second kappa shape index (κ2) is 3.22. The summed E-state index contributed by atoms with van der Waals surface area (Å²) >= 11 is 0. The number of rotatable bonds is 2. The first-order valence-electron chi connectivity index (χ1n) is 3.19. The van der Waals surface area contributed by atoms with E-state index in [9.17, 15) is 0 Å². The zero-order chi connectivity index (χ0) is 7.40. The van der Waals surface area contributed by atoms with Crippen LogP contribution in [0, 0.1) is 0 Å². The maximum absolute atomic E-state index is 8.82. The van der Waals surface area contributed by atoms with Crippen LogP contribution in [0.3, 0.4) is 0 Å². The van der Waals surface area contributed by atoms with Crippen LogP contribution >= 0.6 is 0 Å². The quantitative estimate of drug-likeness (QED) is 0.674. The molecule has 0 aromatic carbocycles. The summed E-state index contributed by atoms with van der Waals surface area (Å²) in [4.78, 5) is 0.